The van der Waals surface area contributed by atoms with Crippen LogP contribution in [0.2, 0.25) is 0 Å². The van der Waals surface area contributed by atoms with E-state index in [1.807, 2.05) is 29.6 Å². The number of carbonyl (C=O) groups is 1. The van der Waals surface area contributed by atoms with Crippen LogP contribution in [0.5, 0.6) is 5.75 Å². The Bertz CT molecular complexity index is 645. The van der Waals surface area contributed by atoms with Crippen LogP contribution >= 0.6 is 11.3 Å². The van der Waals surface area contributed by atoms with Gasteiger partial charge in [-0.15, -0.1) is 11.3 Å². The van der Waals surface area contributed by atoms with Gasteiger partial charge >= 0.3 is 0 Å². The second-order valence-corrected chi connectivity index (χ2v) is 6.88. The van der Waals surface area contributed by atoms with Crippen molar-refractivity contribution in [3.63, 3.8) is 0 Å². The molecule has 2 aromatic rings. The van der Waals surface area contributed by atoms with Gasteiger partial charge in [-0.25, -0.2) is 4.98 Å². The van der Waals surface area contributed by atoms with E-state index < -0.39 is 0 Å². The fraction of sp³-hybridized carbons (Fsp3) is 0.444. The van der Waals surface area contributed by atoms with Gasteiger partial charge in [-0.3, -0.25) is 4.79 Å². The number of aromatic nitrogens is 1. The number of rotatable bonds is 5. The van der Waals surface area contributed by atoms with Crippen molar-refractivity contribution in [2.75, 3.05) is 12.4 Å². The van der Waals surface area contributed by atoms with Crippen molar-refractivity contribution >= 4 is 22.4 Å². The molecule has 0 unspecified atom stereocenters. The van der Waals surface area contributed by atoms with Crippen molar-refractivity contribution in [3.05, 3.63) is 29.6 Å². The lowest BCUT2D eigenvalue weighted by Crippen LogP contribution is -2.18. The van der Waals surface area contributed by atoms with E-state index in [0.717, 1.165) is 17.0 Å². The van der Waals surface area contributed by atoms with Crippen LogP contribution in [-0.2, 0) is 4.79 Å². The Hall–Kier alpha value is -1.88. The third-order valence-corrected chi connectivity index (χ3v) is 5.09. The number of nitrogens with zero attached hydrogens (tertiary/aromatic N) is 1. The summed E-state index contributed by atoms with van der Waals surface area (Å²) < 4.78 is 5.16. The summed E-state index contributed by atoms with van der Waals surface area (Å²) in [5.74, 6) is 1.46. The van der Waals surface area contributed by atoms with E-state index in [1.165, 1.54) is 43.4 Å². The van der Waals surface area contributed by atoms with Crippen LogP contribution < -0.4 is 10.1 Å². The number of amides is 1. The summed E-state index contributed by atoms with van der Waals surface area (Å²) >= 11 is 1.47. The maximum atomic E-state index is 12.1. The minimum absolute atomic E-state index is 0.0903. The van der Waals surface area contributed by atoms with Gasteiger partial charge in [0.1, 0.15) is 5.75 Å². The van der Waals surface area contributed by atoms with Gasteiger partial charge in [-0.05, 0) is 43.0 Å². The van der Waals surface area contributed by atoms with E-state index in [-0.39, 0.29) is 5.91 Å². The van der Waals surface area contributed by atoms with Crippen LogP contribution in [0.25, 0.3) is 11.3 Å². The Morgan fingerprint density at radius 3 is 2.70 bits per heavy atom. The molecule has 1 fully saturated rings. The van der Waals surface area contributed by atoms with Gasteiger partial charge in [0.15, 0.2) is 5.13 Å². The van der Waals surface area contributed by atoms with Crippen LogP contribution in [0.15, 0.2) is 29.6 Å². The summed E-state index contributed by atoms with van der Waals surface area (Å²) in [6.07, 6.45) is 6.83. The van der Waals surface area contributed by atoms with Crippen molar-refractivity contribution < 1.29 is 9.53 Å². The van der Waals surface area contributed by atoms with E-state index in [4.69, 9.17) is 4.74 Å². The molecule has 1 aromatic heterocycles. The first-order chi connectivity index (χ1) is 11.2. The minimum atomic E-state index is 0.0903. The highest BCUT2D eigenvalue weighted by Crippen LogP contribution is 2.28. The quantitative estimate of drug-likeness (QED) is 0.862. The molecule has 1 aliphatic carbocycles. The molecule has 0 spiro atoms. The molecule has 1 N–H and O–H groups in total. The van der Waals surface area contributed by atoms with Crippen molar-refractivity contribution in [2.24, 2.45) is 5.92 Å². The van der Waals surface area contributed by atoms with E-state index in [0.29, 0.717) is 17.5 Å². The summed E-state index contributed by atoms with van der Waals surface area (Å²) in [5, 5.41) is 5.59. The maximum absolute atomic E-state index is 12.1. The first-order valence-corrected chi connectivity index (χ1v) is 9.02. The number of hydrogen-bond donors (Lipinski definition) is 1. The van der Waals surface area contributed by atoms with Gasteiger partial charge in [-0.1, -0.05) is 19.3 Å². The molecular formula is C18H22N2O2S. The number of methoxy groups -OCH3 is 1. The molecule has 3 rings (SSSR count). The van der Waals surface area contributed by atoms with Crippen molar-refractivity contribution in [3.8, 4) is 17.0 Å². The molecule has 0 radical (unpaired) electrons. The van der Waals surface area contributed by atoms with E-state index in [1.54, 1.807) is 7.11 Å². The lowest BCUT2D eigenvalue weighted by molar-refractivity contribution is -0.117. The monoisotopic (exact) mass is 330 g/mol. The average molecular weight is 330 g/mol. The zero-order valence-electron chi connectivity index (χ0n) is 13.4. The van der Waals surface area contributed by atoms with Gasteiger partial charge in [0, 0.05) is 17.4 Å². The highest BCUT2D eigenvalue weighted by atomic mass is 32.1. The van der Waals surface area contributed by atoms with Crippen molar-refractivity contribution in [2.45, 2.75) is 38.5 Å². The van der Waals surface area contributed by atoms with Gasteiger partial charge in [0.2, 0.25) is 5.91 Å². The molecule has 0 atom stereocenters. The number of benzene rings is 1. The molecule has 5 heteroatoms. The minimum Gasteiger partial charge on any atom is -0.497 e. The lowest BCUT2D eigenvalue weighted by Gasteiger charge is -2.20. The summed E-state index contributed by atoms with van der Waals surface area (Å²) in [6.45, 7) is 0. The number of anilines is 1. The molecule has 0 saturated heterocycles. The smallest absolute Gasteiger partial charge is 0.226 e. The highest BCUT2D eigenvalue weighted by Gasteiger charge is 2.17. The second kappa shape index (κ2) is 7.59. The fourth-order valence-corrected chi connectivity index (χ4v) is 3.79. The molecule has 0 bridgehead atoms. The molecule has 0 aliphatic heterocycles. The second-order valence-electron chi connectivity index (χ2n) is 6.02. The van der Waals surface area contributed by atoms with Crippen LogP contribution in [0.3, 0.4) is 0 Å². The first-order valence-electron chi connectivity index (χ1n) is 8.14. The lowest BCUT2D eigenvalue weighted by atomic mass is 9.87. The van der Waals surface area contributed by atoms with Gasteiger partial charge in [0.25, 0.3) is 0 Å². The molecule has 1 saturated carbocycles. The maximum Gasteiger partial charge on any atom is 0.226 e. The molecule has 23 heavy (non-hydrogen) atoms. The SMILES string of the molecule is COc1ccc(-c2csc(NC(=O)CC3CCCCC3)n2)cc1. The van der Waals surface area contributed by atoms with Gasteiger partial charge < -0.3 is 10.1 Å². The Labute approximate surface area is 140 Å². The number of ether oxygens (including phenoxy) is 1. The zero-order chi connectivity index (χ0) is 16.1. The molecule has 1 heterocycles. The molecule has 1 aromatic carbocycles. The van der Waals surface area contributed by atoms with Crippen molar-refractivity contribution in [1.29, 1.82) is 0 Å². The standard InChI is InChI=1S/C18H22N2O2S/c1-22-15-9-7-14(8-10-15)16-12-23-18(19-16)20-17(21)11-13-5-3-2-4-6-13/h7-10,12-13H,2-6,11H2,1H3,(H,19,20,21). The molecule has 1 amide bonds. The fourth-order valence-electron chi connectivity index (χ4n) is 3.05. The van der Waals surface area contributed by atoms with Gasteiger partial charge in [0.05, 0.1) is 12.8 Å². The number of hydrogen-bond acceptors (Lipinski definition) is 4. The van der Waals surface area contributed by atoms with E-state index >= 15 is 0 Å². The highest BCUT2D eigenvalue weighted by molar-refractivity contribution is 7.14. The molecule has 122 valence electrons. The molecule has 4 nitrogen and oxygen atoms in total. The normalized spacial score (nSPS) is 15.3. The third-order valence-electron chi connectivity index (χ3n) is 4.34. The number of carbonyl (C=O) groups excluding carboxylic acids is 1. The molecular weight excluding hydrogens is 308 g/mol. The molecule has 1 aliphatic rings. The number of thiazole rings is 1. The first kappa shape index (κ1) is 16.0. The van der Waals surface area contributed by atoms with Crippen LogP contribution in [0.4, 0.5) is 5.13 Å². The summed E-state index contributed by atoms with van der Waals surface area (Å²) in [5.41, 5.74) is 1.90. The Balaban J connectivity index is 1.58. The Morgan fingerprint density at radius 2 is 2.00 bits per heavy atom. The predicted octanol–water partition coefficient (Wildman–Crippen LogP) is 4.73. The summed E-state index contributed by atoms with van der Waals surface area (Å²) in [4.78, 5) is 16.7. The zero-order valence-corrected chi connectivity index (χ0v) is 14.2. The van der Waals surface area contributed by atoms with Crippen LogP contribution in [-0.4, -0.2) is 18.0 Å². The van der Waals surface area contributed by atoms with E-state index in [9.17, 15) is 4.79 Å². The predicted molar refractivity (Wildman–Crippen MR) is 93.9 cm³/mol. The van der Waals surface area contributed by atoms with Gasteiger partial charge in [-0.2, -0.15) is 0 Å². The van der Waals surface area contributed by atoms with E-state index in [2.05, 4.69) is 10.3 Å². The summed E-state index contributed by atoms with van der Waals surface area (Å²) in [6, 6.07) is 7.77. The Kier molecular flexibility index (Phi) is 5.28. The third kappa shape index (κ3) is 4.32. The number of nitrogens with one attached hydrogen (secondary N) is 1. The topological polar surface area (TPSA) is 51.2 Å². The van der Waals surface area contributed by atoms with Crippen molar-refractivity contribution in [1.82, 2.24) is 4.98 Å². The summed E-state index contributed by atoms with van der Waals surface area (Å²) in [7, 11) is 1.65. The van der Waals surface area contributed by atoms with Crippen LogP contribution in [0, 0.1) is 5.92 Å². The van der Waals surface area contributed by atoms with Crippen LogP contribution in [0.1, 0.15) is 38.5 Å². The Morgan fingerprint density at radius 1 is 1.26 bits per heavy atom. The largest absolute Gasteiger partial charge is 0.497 e. The average Bonchev–Trinajstić information content (AvgIpc) is 3.04.